The molecule has 0 bridgehead atoms. The van der Waals surface area contributed by atoms with Crippen molar-refractivity contribution in [2.24, 2.45) is 0 Å². The third-order valence-corrected chi connectivity index (χ3v) is 10.8. The quantitative estimate of drug-likeness (QED) is 0.176. The lowest BCUT2D eigenvalue weighted by Crippen LogP contribution is -2.01. The SMILES string of the molecule is [C-]#[N+]c1cccc2c1sc1c2ccc2c1c1ccccc1n2-c1ccccc1-c1ccccc1-n1c2ccccc2c2ccccc21. The lowest BCUT2D eigenvalue weighted by Gasteiger charge is -2.18. The molecule has 3 aromatic heterocycles. The maximum Gasteiger partial charge on any atom is 0.204 e. The molecule has 0 spiro atoms. The topological polar surface area (TPSA) is 14.2 Å². The number of nitrogens with zero attached hydrogens (tertiary/aromatic N) is 3. The molecule has 4 heteroatoms. The zero-order valence-electron chi connectivity index (χ0n) is 25.2. The van der Waals surface area contributed by atoms with Gasteiger partial charge in [-0.2, -0.15) is 0 Å². The molecule has 0 unspecified atom stereocenters. The van der Waals surface area contributed by atoms with E-state index in [1.165, 1.54) is 59.3 Å². The molecule has 218 valence electrons. The van der Waals surface area contributed by atoms with Crippen LogP contribution in [0.15, 0.2) is 152 Å². The van der Waals surface area contributed by atoms with Gasteiger partial charge in [-0.1, -0.05) is 115 Å². The van der Waals surface area contributed by atoms with Gasteiger partial charge < -0.3 is 9.13 Å². The third-order valence-electron chi connectivity index (χ3n) is 9.56. The molecular formula is C43H25N3S. The minimum atomic E-state index is 0.715. The highest BCUT2D eigenvalue weighted by atomic mass is 32.1. The molecule has 0 saturated heterocycles. The largest absolute Gasteiger partial charge is 0.309 e. The molecule has 0 radical (unpaired) electrons. The van der Waals surface area contributed by atoms with Crippen molar-refractivity contribution in [2.45, 2.75) is 0 Å². The number of aromatic nitrogens is 2. The molecule has 0 aliphatic carbocycles. The van der Waals surface area contributed by atoms with Crippen LogP contribution >= 0.6 is 11.3 Å². The molecule has 0 amide bonds. The average molecular weight is 616 g/mol. The van der Waals surface area contributed by atoms with Crippen molar-refractivity contribution in [2.75, 3.05) is 0 Å². The molecule has 0 aliphatic rings. The van der Waals surface area contributed by atoms with Crippen LogP contribution in [0.1, 0.15) is 0 Å². The molecule has 0 aliphatic heterocycles. The lowest BCUT2D eigenvalue weighted by molar-refractivity contribution is 1.16. The van der Waals surface area contributed by atoms with Gasteiger partial charge in [-0.3, -0.25) is 0 Å². The smallest absolute Gasteiger partial charge is 0.204 e. The van der Waals surface area contributed by atoms with Gasteiger partial charge in [-0.25, -0.2) is 4.85 Å². The molecule has 3 nitrogen and oxygen atoms in total. The van der Waals surface area contributed by atoms with Gasteiger partial charge in [0, 0.05) is 42.1 Å². The molecule has 47 heavy (non-hydrogen) atoms. The summed E-state index contributed by atoms with van der Waals surface area (Å²) in [6, 6.07) is 54.3. The first-order chi connectivity index (χ1) is 23.3. The van der Waals surface area contributed by atoms with Gasteiger partial charge in [-0.15, -0.1) is 11.3 Å². The number of fused-ring (bicyclic) bond motifs is 10. The fraction of sp³-hybridized carbons (Fsp3) is 0. The summed E-state index contributed by atoms with van der Waals surface area (Å²) in [5.41, 5.74) is 10.1. The van der Waals surface area contributed by atoms with Crippen molar-refractivity contribution in [3.05, 3.63) is 163 Å². The average Bonchev–Trinajstić information content (AvgIpc) is 3.79. The maximum absolute atomic E-state index is 7.80. The summed E-state index contributed by atoms with van der Waals surface area (Å²) < 4.78 is 7.13. The van der Waals surface area contributed by atoms with Crippen molar-refractivity contribution >= 4 is 80.8 Å². The molecule has 0 fully saturated rings. The van der Waals surface area contributed by atoms with Crippen LogP contribution in [0.2, 0.25) is 0 Å². The first-order valence-corrected chi connectivity index (χ1v) is 16.6. The van der Waals surface area contributed by atoms with E-state index in [4.69, 9.17) is 6.57 Å². The van der Waals surface area contributed by atoms with E-state index in [1.807, 2.05) is 12.1 Å². The second-order valence-electron chi connectivity index (χ2n) is 12.0. The first kappa shape index (κ1) is 26.1. The zero-order chi connectivity index (χ0) is 31.1. The Morgan fingerprint density at radius 1 is 0.404 bits per heavy atom. The van der Waals surface area contributed by atoms with E-state index in [9.17, 15) is 0 Å². The van der Waals surface area contributed by atoms with E-state index in [-0.39, 0.29) is 0 Å². The Morgan fingerprint density at radius 3 is 1.53 bits per heavy atom. The van der Waals surface area contributed by atoms with Crippen LogP contribution in [0.5, 0.6) is 0 Å². The van der Waals surface area contributed by atoms with Gasteiger partial charge >= 0.3 is 0 Å². The number of hydrogen-bond donors (Lipinski definition) is 0. The Balaban J connectivity index is 1.30. The van der Waals surface area contributed by atoms with Gasteiger partial charge in [0.15, 0.2) is 0 Å². The van der Waals surface area contributed by atoms with Gasteiger partial charge in [-0.05, 0) is 47.2 Å². The highest BCUT2D eigenvalue weighted by Gasteiger charge is 2.21. The van der Waals surface area contributed by atoms with Crippen LogP contribution in [-0.4, -0.2) is 9.13 Å². The number of benzene rings is 7. The molecule has 10 aromatic rings. The van der Waals surface area contributed by atoms with Crippen LogP contribution in [0, 0.1) is 6.57 Å². The Bertz CT molecular complexity index is 2880. The van der Waals surface area contributed by atoms with Crippen LogP contribution < -0.4 is 0 Å². The fourth-order valence-corrected chi connectivity index (χ4v) is 8.93. The second kappa shape index (κ2) is 9.92. The summed E-state index contributed by atoms with van der Waals surface area (Å²) in [6.45, 7) is 7.80. The van der Waals surface area contributed by atoms with Crippen LogP contribution in [0.4, 0.5) is 5.69 Å². The van der Waals surface area contributed by atoms with E-state index < -0.39 is 0 Å². The van der Waals surface area contributed by atoms with Crippen molar-refractivity contribution in [3.8, 4) is 22.5 Å². The summed E-state index contributed by atoms with van der Waals surface area (Å²) in [6.07, 6.45) is 0. The van der Waals surface area contributed by atoms with E-state index in [0.717, 1.165) is 27.0 Å². The monoisotopic (exact) mass is 615 g/mol. The fourth-order valence-electron chi connectivity index (χ4n) is 7.62. The highest BCUT2D eigenvalue weighted by molar-refractivity contribution is 7.27. The first-order valence-electron chi connectivity index (χ1n) is 15.7. The number of hydrogen-bond acceptors (Lipinski definition) is 1. The summed E-state index contributed by atoms with van der Waals surface area (Å²) in [4.78, 5) is 3.85. The predicted octanol–water partition coefficient (Wildman–Crippen LogP) is 12.5. The zero-order valence-corrected chi connectivity index (χ0v) is 26.0. The predicted molar refractivity (Wildman–Crippen MR) is 200 cm³/mol. The molecular weight excluding hydrogens is 591 g/mol. The lowest BCUT2D eigenvalue weighted by atomic mass is 10.0. The third kappa shape index (κ3) is 3.60. The van der Waals surface area contributed by atoms with Gasteiger partial charge in [0.1, 0.15) is 0 Å². The molecule has 7 aromatic carbocycles. The second-order valence-corrected chi connectivity index (χ2v) is 13.0. The van der Waals surface area contributed by atoms with Crippen molar-refractivity contribution < 1.29 is 0 Å². The van der Waals surface area contributed by atoms with Crippen LogP contribution in [0.3, 0.4) is 0 Å². The van der Waals surface area contributed by atoms with Crippen LogP contribution in [-0.2, 0) is 0 Å². The Labute approximate surface area is 274 Å². The number of rotatable bonds is 3. The normalized spacial score (nSPS) is 11.8. The van der Waals surface area contributed by atoms with Crippen molar-refractivity contribution in [1.29, 1.82) is 0 Å². The molecule has 0 atom stereocenters. The summed E-state index contributed by atoms with van der Waals surface area (Å²) in [5.74, 6) is 0. The summed E-state index contributed by atoms with van der Waals surface area (Å²) in [7, 11) is 0. The highest BCUT2D eigenvalue weighted by Crippen LogP contribution is 2.47. The summed E-state index contributed by atoms with van der Waals surface area (Å²) in [5, 5.41) is 7.31. The summed E-state index contributed by atoms with van der Waals surface area (Å²) >= 11 is 1.74. The number of thiophene rings is 1. The minimum absolute atomic E-state index is 0.715. The Kier molecular flexibility index (Phi) is 5.51. The van der Waals surface area contributed by atoms with E-state index in [1.54, 1.807) is 11.3 Å². The van der Waals surface area contributed by atoms with Gasteiger partial charge in [0.25, 0.3) is 0 Å². The molecule has 10 rings (SSSR count). The minimum Gasteiger partial charge on any atom is -0.309 e. The maximum atomic E-state index is 7.80. The molecule has 0 N–H and O–H groups in total. The Morgan fingerprint density at radius 2 is 0.894 bits per heavy atom. The van der Waals surface area contributed by atoms with Crippen molar-refractivity contribution in [1.82, 2.24) is 9.13 Å². The van der Waals surface area contributed by atoms with Gasteiger partial charge in [0.2, 0.25) is 5.69 Å². The molecule has 0 saturated carbocycles. The van der Waals surface area contributed by atoms with Gasteiger partial charge in [0.05, 0.1) is 40.0 Å². The molecule has 3 heterocycles. The van der Waals surface area contributed by atoms with E-state index >= 15 is 0 Å². The van der Waals surface area contributed by atoms with E-state index in [2.05, 4.69) is 154 Å². The standard InChI is InChI=1S/C43H25N3S/c1-44-34-19-12-18-31-32-25-26-40-41(43(32)47-42(31)34)33-17-6-11-24-39(33)46(40)38-23-10-5-16-30(38)29-15-4-9-22-37(29)45-35-20-7-2-13-27(35)28-14-3-8-21-36(28)45/h2-26H. The van der Waals surface area contributed by atoms with Crippen molar-refractivity contribution in [3.63, 3.8) is 0 Å². The van der Waals surface area contributed by atoms with Crippen LogP contribution in [0.25, 0.3) is 91.1 Å². The van der Waals surface area contributed by atoms with E-state index in [0.29, 0.717) is 5.69 Å². The number of para-hydroxylation sites is 5. The Hall–Kier alpha value is -6.15.